The van der Waals surface area contributed by atoms with Crippen LogP contribution in [0.5, 0.6) is 0 Å². The molecule has 2 heterocycles. The van der Waals surface area contributed by atoms with Crippen molar-refractivity contribution in [3.8, 4) is 0 Å². The molecule has 104 valence electrons. The first-order valence-electron chi connectivity index (χ1n) is 6.77. The van der Waals surface area contributed by atoms with Crippen LogP contribution in [-0.4, -0.2) is 24.1 Å². The van der Waals surface area contributed by atoms with Crippen LogP contribution < -0.4 is 11.1 Å². The normalized spacial score (nSPS) is 16.2. The van der Waals surface area contributed by atoms with Crippen molar-refractivity contribution in [1.82, 2.24) is 4.98 Å². The first-order valence-corrected chi connectivity index (χ1v) is 6.77. The zero-order valence-corrected chi connectivity index (χ0v) is 11.1. The predicted octanol–water partition coefficient (Wildman–Crippen LogP) is 2.18. The van der Waals surface area contributed by atoms with Crippen molar-refractivity contribution >= 4 is 28.2 Å². The number of anilines is 2. The van der Waals surface area contributed by atoms with Crippen molar-refractivity contribution in [3.63, 3.8) is 0 Å². The van der Waals surface area contributed by atoms with E-state index in [-0.39, 0.29) is 11.8 Å². The number of nitrogen functional groups attached to an aromatic ring is 1. The van der Waals surface area contributed by atoms with Gasteiger partial charge in [0.2, 0.25) is 5.91 Å². The van der Waals surface area contributed by atoms with Gasteiger partial charge < -0.3 is 15.8 Å². The molecule has 1 amide bonds. The van der Waals surface area contributed by atoms with Gasteiger partial charge in [-0.15, -0.1) is 0 Å². The molecule has 0 atom stereocenters. The van der Waals surface area contributed by atoms with Gasteiger partial charge in [-0.3, -0.25) is 9.78 Å². The lowest BCUT2D eigenvalue weighted by atomic mass is 9.99. The number of amides is 1. The standard InChI is InChI=1S/C15H17N3O2/c16-12-3-4-13(11-2-1-7-17-14(11)12)18-15(19)10-5-8-20-9-6-10/h1-4,7,10H,5-6,8-9,16H2,(H,18,19). The third-order valence-electron chi connectivity index (χ3n) is 3.65. The van der Waals surface area contributed by atoms with Crippen LogP contribution in [0.3, 0.4) is 0 Å². The van der Waals surface area contributed by atoms with Crippen LogP contribution in [0.1, 0.15) is 12.8 Å². The Morgan fingerprint density at radius 2 is 2.10 bits per heavy atom. The van der Waals surface area contributed by atoms with E-state index in [0.29, 0.717) is 18.9 Å². The number of hydrogen-bond acceptors (Lipinski definition) is 4. The molecule has 1 saturated heterocycles. The van der Waals surface area contributed by atoms with Crippen molar-refractivity contribution in [2.24, 2.45) is 5.92 Å². The van der Waals surface area contributed by atoms with E-state index in [4.69, 9.17) is 10.5 Å². The number of nitrogens with one attached hydrogen (secondary N) is 1. The van der Waals surface area contributed by atoms with Crippen LogP contribution in [0.2, 0.25) is 0 Å². The summed E-state index contributed by atoms with van der Waals surface area (Å²) in [4.78, 5) is 16.5. The number of pyridine rings is 1. The van der Waals surface area contributed by atoms with Gasteiger partial charge in [-0.05, 0) is 37.1 Å². The number of ether oxygens (including phenoxy) is 1. The van der Waals surface area contributed by atoms with Gasteiger partial charge in [0.1, 0.15) is 0 Å². The smallest absolute Gasteiger partial charge is 0.227 e. The molecule has 1 aliphatic rings. The van der Waals surface area contributed by atoms with Crippen LogP contribution in [-0.2, 0) is 9.53 Å². The number of fused-ring (bicyclic) bond motifs is 1. The number of carbonyl (C=O) groups excluding carboxylic acids is 1. The maximum Gasteiger partial charge on any atom is 0.227 e. The Bertz CT molecular complexity index is 636. The Balaban J connectivity index is 1.87. The maximum absolute atomic E-state index is 12.3. The van der Waals surface area contributed by atoms with E-state index in [1.54, 1.807) is 12.3 Å². The fraction of sp³-hybridized carbons (Fsp3) is 0.333. The van der Waals surface area contributed by atoms with E-state index in [2.05, 4.69) is 10.3 Å². The molecule has 3 rings (SSSR count). The Kier molecular flexibility index (Phi) is 3.52. The van der Waals surface area contributed by atoms with E-state index in [1.807, 2.05) is 18.2 Å². The van der Waals surface area contributed by atoms with E-state index >= 15 is 0 Å². The highest BCUT2D eigenvalue weighted by Crippen LogP contribution is 2.27. The largest absolute Gasteiger partial charge is 0.397 e. The number of hydrogen-bond donors (Lipinski definition) is 2. The molecule has 0 spiro atoms. The van der Waals surface area contributed by atoms with Gasteiger partial charge in [-0.2, -0.15) is 0 Å². The van der Waals surface area contributed by atoms with Crippen LogP contribution in [0.25, 0.3) is 10.9 Å². The van der Waals surface area contributed by atoms with Crippen molar-refractivity contribution in [2.75, 3.05) is 24.3 Å². The zero-order valence-electron chi connectivity index (χ0n) is 11.1. The molecule has 0 bridgehead atoms. The summed E-state index contributed by atoms with van der Waals surface area (Å²) in [5.74, 6) is 0.0660. The second kappa shape index (κ2) is 5.46. The number of benzene rings is 1. The minimum atomic E-state index is 0.0213. The van der Waals surface area contributed by atoms with Gasteiger partial charge in [0, 0.05) is 30.7 Å². The summed E-state index contributed by atoms with van der Waals surface area (Å²) in [7, 11) is 0. The quantitative estimate of drug-likeness (QED) is 0.821. The molecule has 3 N–H and O–H groups in total. The minimum Gasteiger partial charge on any atom is -0.397 e. The predicted molar refractivity (Wildman–Crippen MR) is 78.3 cm³/mol. The molecule has 1 aliphatic heterocycles. The van der Waals surface area contributed by atoms with Crippen LogP contribution >= 0.6 is 0 Å². The highest BCUT2D eigenvalue weighted by molar-refractivity contribution is 6.04. The lowest BCUT2D eigenvalue weighted by molar-refractivity contribution is -0.122. The lowest BCUT2D eigenvalue weighted by Crippen LogP contribution is -2.28. The fourth-order valence-electron chi connectivity index (χ4n) is 2.50. The monoisotopic (exact) mass is 271 g/mol. The number of nitrogens with two attached hydrogens (primary N) is 1. The maximum atomic E-state index is 12.3. The molecule has 0 unspecified atom stereocenters. The van der Waals surface area contributed by atoms with Gasteiger partial charge in [-0.1, -0.05) is 0 Å². The molecule has 1 aromatic heterocycles. The summed E-state index contributed by atoms with van der Waals surface area (Å²) >= 11 is 0. The molecule has 0 aliphatic carbocycles. The third kappa shape index (κ3) is 2.44. The van der Waals surface area contributed by atoms with Gasteiger partial charge >= 0.3 is 0 Å². The molecular weight excluding hydrogens is 254 g/mol. The van der Waals surface area contributed by atoms with Crippen molar-refractivity contribution in [2.45, 2.75) is 12.8 Å². The highest BCUT2D eigenvalue weighted by Gasteiger charge is 2.22. The summed E-state index contributed by atoms with van der Waals surface area (Å²) in [6.45, 7) is 1.31. The van der Waals surface area contributed by atoms with Crippen molar-refractivity contribution in [3.05, 3.63) is 30.5 Å². The molecule has 5 heteroatoms. The molecular formula is C15H17N3O2. The van der Waals surface area contributed by atoms with Crippen LogP contribution in [0, 0.1) is 5.92 Å². The molecule has 1 aromatic carbocycles. The van der Waals surface area contributed by atoms with Crippen molar-refractivity contribution < 1.29 is 9.53 Å². The number of aromatic nitrogens is 1. The first kappa shape index (κ1) is 12.9. The van der Waals surface area contributed by atoms with Crippen LogP contribution in [0.15, 0.2) is 30.5 Å². The topological polar surface area (TPSA) is 77.2 Å². The second-order valence-electron chi connectivity index (χ2n) is 4.98. The molecule has 0 radical (unpaired) electrons. The van der Waals surface area contributed by atoms with E-state index < -0.39 is 0 Å². The first-order chi connectivity index (χ1) is 9.75. The Labute approximate surface area is 117 Å². The van der Waals surface area contributed by atoms with Gasteiger partial charge in [-0.25, -0.2) is 0 Å². The molecule has 1 fully saturated rings. The van der Waals surface area contributed by atoms with Gasteiger partial charge in [0.15, 0.2) is 0 Å². The van der Waals surface area contributed by atoms with Gasteiger partial charge in [0.25, 0.3) is 0 Å². The summed E-state index contributed by atoms with van der Waals surface area (Å²) < 4.78 is 5.28. The molecule has 2 aromatic rings. The summed E-state index contributed by atoms with van der Waals surface area (Å²) in [5.41, 5.74) is 8.00. The third-order valence-corrected chi connectivity index (χ3v) is 3.65. The summed E-state index contributed by atoms with van der Waals surface area (Å²) in [6, 6.07) is 7.36. The molecule has 5 nitrogen and oxygen atoms in total. The summed E-state index contributed by atoms with van der Waals surface area (Å²) in [5, 5.41) is 3.86. The molecule has 0 saturated carbocycles. The Morgan fingerprint density at radius 1 is 1.30 bits per heavy atom. The number of rotatable bonds is 2. The zero-order chi connectivity index (χ0) is 13.9. The second-order valence-corrected chi connectivity index (χ2v) is 4.98. The van der Waals surface area contributed by atoms with E-state index in [1.165, 1.54) is 0 Å². The highest BCUT2D eigenvalue weighted by atomic mass is 16.5. The number of carbonyl (C=O) groups is 1. The average molecular weight is 271 g/mol. The van der Waals surface area contributed by atoms with E-state index in [0.717, 1.165) is 29.4 Å². The minimum absolute atomic E-state index is 0.0213. The lowest BCUT2D eigenvalue weighted by Gasteiger charge is -2.21. The average Bonchev–Trinajstić information content (AvgIpc) is 2.51. The Morgan fingerprint density at radius 3 is 2.90 bits per heavy atom. The Hall–Kier alpha value is -2.14. The van der Waals surface area contributed by atoms with Crippen LogP contribution in [0.4, 0.5) is 11.4 Å². The fourth-order valence-corrected chi connectivity index (χ4v) is 2.50. The van der Waals surface area contributed by atoms with E-state index in [9.17, 15) is 4.79 Å². The SMILES string of the molecule is Nc1ccc(NC(=O)C2CCOCC2)c2cccnc12. The van der Waals surface area contributed by atoms with Crippen molar-refractivity contribution in [1.29, 1.82) is 0 Å². The summed E-state index contributed by atoms with van der Waals surface area (Å²) in [6.07, 6.45) is 3.25. The van der Waals surface area contributed by atoms with Gasteiger partial charge in [0.05, 0.1) is 16.9 Å². The molecule has 20 heavy (non-hydrogen) atoms. The number of nitrogens with zero attached hydrogens (tertiary/aromatic N) is 1.